The topological polar surface area (TPSA) is 64.4 Å². The van der Waals surface area contributed by atoms with Crippen LogP contribution in [0.3, 0.4) is 0 Å². The molecule has 1 unspecified atom stereocenters. The number of carbonyl (C=O) groups excluding carboxylic acids is 1. The van der Waals surface area contributed by atoms with Crippen molar-refractivity contribution >= 4 is 48.9 Å². The average molecular weight is 369 g/mol. The van der Waals surface area contributed by atoms with Crippen molar-refractivity contribution in [3.05, 3.63) is 27.5 Å². The van der Waals surface area contributed by atoms with Gasteiger partial charge in [-0.15, -0.1) is 11.3 Å². The Morgan fingerprint density at radius 3 is 3.14 bits per heavy atom. The Bertz CT molecular complexity index is 665. The van der Waals surface area contributed by atoms with Crippen LogP contribution in [0, 0.1) is 5.92 Å². The Morgan fingerprint density at radius 2 is 2.38 bits per heavy atom. The Hall–Kier alpha value is -1.11. The van der Waals surface area contributed by atoms with Gasteiger partial charge in [0.2, 0.25) is 0 Å². The molecule has 1 aliphatic heterocycles. The van der Waals surface area contributed by atoms with E-state index in [0.29, 0.717) is 23.0 Å². The fourth-order valence-electron chi connectivity index (χ4n) is 2.54. The molecule has 0 saturated carbocycles. The largest absolute Gasteiger partial charge is 0.397 e. The number of rotatable bonds is 3. The minimum absolute atomic E-state index is 0.0876. The van der Waals surface area contributed by atoms with E-state index in [4.69, 9.17) is 10.5 Å². The number of nitrogens with one attached hydrogen (secondary N) is 1. The molecule has 3 rings (SSSR count). The SMILES string of the molecule is Nc1c(C(=O)NCC2CCCOC2)sc2ccc(Br)cc12. The van der Waals surface area contributed by atoms with Crippen LogP contribution >= 0.6 is 27.3 Å². The van der Waals surface area contributed by atoms with Gasteiger partial charge < -0.3 is 15.8 Å². The molecule has 2 aromatic rings. The molecule has 4 nitrogen and oxygen atoms in total. The van der Waals surface area contributed by atoms with Crippen LogP contribution in [-0.4, -0.2) is 25.7 Å². The number of thiophene rings is 1. The van der Waals surface area contributed by atoms with Gasteiger partial charge in [-0.25, -0.2) is 0 Å². The van der Waals surface area contributed by atoms with Crippen molar-refractivity contribution < 1.29 is 9.53 Å². The van der Waals surface area contributed by atoms with Crippen molar-refractivity contribution in [3.63, 3.8) is 0 Å². The highest BCUT2D eigenvalue weighted by Crippen LogP contribution is 2.35. The number of benzene rings is 1. The average Bonchev–Trinajstić information content (AvgIpc) is 2.83. The molecular formula is C15H17BrN2O2S. The fraction of sp³-hybridized carbons (Fsp3) is 0.400. The predicted octanol–water partition coefficient (Wildman–Crippen LogP) is 3.40. The highest BCUT2D eigenvalue weighted by Gasteiger charge is 2.19. The zero-order chi connectivity index (χ0) is 14.8. The van der Waals surface area contributed by atoms with Crippen LogP contribution in [-0.2, 0) is 4.74 Å². The second kappa shape index (κ2) is 6.34. The summed E-state index contributed by atoms with van der Waals surface area (Å²) in [6, 6.07) is 5.89. The first kappa shape index (κ1) is 14.8. The first-order valence-electron chi connectivity index (χ1n) is 6.98. The van der Waals surface area contributed by atoms with E-state index >= 15 is 0 Å². The van der Waals surface area contributed by atoms with E-state index in [2.05, 4.69) is 21.2 Å². The molecule has 3 N–H and O–H groups in total. The summed E-state index contributed by atoms with van der Waals surface area (Å²) in [4.78, 5) is 12.9. The van der Waals surface area contributed by atoms with Gasteiger partial charge in [0.25, 0.3) is 5.91 Å². The second-order valence-corrected chi connectivity index (χ2v) is 7.25. The first-order chi connectivity index (χ1) is 10.1. The molecule has 6 heteroatoms. The van der Waals surface area contributed by atoms with E-state index in [0.717, 1.165) is 40.6 Å². The molecule has 2 heterocycles. The summed E-state index contributed by atoms with van der Waals surface area (Å²) >= 11 is 4.87. The number of hydrogen-bond donors (Lipinski definition) is 2. The van der Waals surface area contributed by atoms with Crippen LogP contribution in [0.5, 0.6) is 0 Å². The summed E-state index contributed by atoms with van der Waals surface area (Å²) in [6.45, 7) is 2.22. The molecule has 112 valence electrons. The summed E-state index contributed by atoms with van der Waals surface area (Å²) in [5, 5.41) is 3.92. The van der Waals surface area contributed by atoms with Crippen LogP contribution in [0.1, 0.15) is 22.5 Å². The summed E-state index contributed by atoms with van der Waals surface area (Å²) < 4.78 is 7.42. The van der Waals surface area contributed by atoms with Crippen molar-refractivity contribution in [1.29, 1.82) is 0 Å². The van der Waals surface area contributed by atoms with Gasteiger partial charge in [-0.3, -0.25) is 4.79 Å². The number of carbonyl (C=O) groups is 1. The third kappa shape index (κ3) is 3.22. The first-order valence-corrected chi connectivity index (χ1v) is 8.59. The van der Waals surface area contributed by atoms with Crippen LogP contribution < -0.4 is 11.1 Å². The molecule has 1 atom stereocenters. The minimum atomic E-state index is -0.0876. The molecule has 21 heavy (non-hydrogen) atoms. The Kier molecular flexibility index (Phi) is 4.47. The number of halogens is 1. The number of anilines is 1. The van der Waals surface area contributed by atoms with Crippen LogP contribution in [0.25, 0.3) is 10.1 Å². The maximum atomic E-state index is 12.3. The van der Waals surface area contributed by atoms with Crippen LogP contribution in [0.2, 0.25) is 0 Å². The third-order valence-corrected chi connectivity index (χ3v) is 5.38. The molecule has 1 aliphatic rings. The molecule has 1 amide bonds. The molecule has 1 aromatic heterocycles. The van der Waals surface area contributed by atoms with E-state index in [9.17, 15) is 4.79 Å². The lowest BCUT2D eigenvalue weighted by molar-refractivity contribution is 0.0537. The zero-order valence-electron chi connectivity index (χ0n) is 11.5. The Morgan fingerprint density at radius 1 is 1.52 bits per heavy atom. The molecule has 0 aliphatic carbocycles. The summed E-state index contributed by atoms with van der Waals surface area (Å²) in [5.41, 5.74) is 6.69. The predicted molar refractivity (Wildman–Crippen MR) is 89.8 cm³/mol. The van der Waals surface area contributed by atoms with Gasteiger partial charge in [-0.05, 0) is 37.0 Å². The zero-order valence-corrected chi connectivity index (χ0v) is 13.9. The number of hydrogen-bond acceptors (Lipinski definition) is 4. The molecule has 0 radical (unpaired) electrons. The minimum Gasteiger partial charge on any atom is -0.397 e. The lowest BCUT2D eigenvalue weighted by Crippen LogP contribution is -2.33. The van der Waals surface area contributed by atoms with Crippen molar-refractivity contribution in [2.75, 3.05) is 25.5 Å². The van der Waals surface area contributed by atoms with Gasteiger partial charge in [0.05, 0.1) is 12.3 Å². The maximum absolute atomic E-state index is 12.3. The number of nitrogens with two attached hydrogens (primary N) is 1. The lowest BCUT2D eigenvalue weighted by atomic mass is 10.0. The number of amides is 1. The van der Waals surface area contributed by atoms with Gasteiger partial charge in [-0.1, -0.05) is 15.9 Å². The smallest absolute Gasteiger partial charge is 0.263 e. The van der Waals surface area contributed by atoms with Gasteiger partial charge in [-0.2, -0.15) is 0 Å². The maximum Gasteiger partial charge on any atom is 0.263 e. The highest BCUT2D eigenvalue weighted by molar-refractivity contribution is 9.10. The van der Waals surface area contributed by atoms with Gasteiger partial charge in [0.15, 0.2) is 0 Å². The fourth-order valence-corrected chi connectivity index (χ4v) is 3.92. The van der Waals surface area contributed by atoms with Gasteiger partial charge in [0, 0.05) is 27.7 Å². The monoisotopic (exact) mass is 368 g/mol. The van der Waals surface area contributed by atoms with Crippen molar-refractivity contribution in [2.45, 2.75) is 12.8 Å². The second-order valence-electron chi connectivity index (χ2n) is 5.28. The number of nitrogen functional groups attached to an aromatic ring is 1. The summed E-state index contributed by atoms with van der Waals surface area (Å²) in [6.07, 6.45) is 2.18. The molecule has 0 bridgehead atoms. The van der Waals surface area contributed by atoms with E-state index in [1.807, 2.05) is 18.2 Å². The van der Waals surface area contributed by atoms with Crippen molar-refractivity contribution in [1.82, 2.24) is 5.32 Å². The van der Waals surface area contributed by atoms with E-state index in [1.54, 1.807) is 0 Å². The van der Waals surface area contributed by atoms with Crippen molar-refractivity contribution in [3.8, 4) is 0 Å². The summed E-state index contributed by atoms with van der Waals surface area (Å²) in [7, 11) is 0. The molecule has 1 saturated heterocycles. The van der Waals surface area contributed by atoms with Crippen LogP contribution in [0.4, 0.5) is 5.69 Å². The molecule has 0 spiro atoms. The highest BCUT2D eigenvalue weighted by atomic mass is 79.9. The van der Waals surface area contributed by atoms with Crippen LogP contribution in [0.15, 0.2) is 22.7 Å². The number of fused-ring (bicyclic) bond motifs is 1. The van der Waals surface area contributed by atoms with Gasteiger partial charge in [0.1, 0.15) is 4.88 Å². The van der Waals surface area contributed by atoms with E-state index < -0.39 is 0 Å². The quantitative estimate of drug-likeness (QED) is 0.872. The number of ether oxygens (including phenoxy) is 1. The Balaban J connectivity index is 1.73. The summed E-state index contributed by atoms with van der Waals surface area (Å²) in [5.74, 6) is 0.322. The van der Waals surface area contributed by atoms with Crippen molar-refractivity contribution in [2.24, 2.45) is 5.92 Å². The Labute approximate surface area is 135 Å². The lowest BCUT2D eigenvalue weighted by Gasteiger charge is -2.22. The normalized spacial score (nSPS) is 18.8. The third-order valence-electron chi connectivity index (χ3n) is 3.70. The standard InChI is InChI=1S/C15H17BrN2O2S/c16-10-3-4-12-11(6-10)13(17)14(21-12)15(19)18-7-9-2-1-5-20-8-9/h3-4,6,9H,1-2,5,7-8,17H2,(H,18,19). The van der Waals surface area contributed by atoms with E-state index in [-0.39, 0.29) is 5.91 Å². The van der Waals surface area contributed by atoms with Gasteiger partial charge >= 0.3 is 0 Å². The molecular weight excluding hydrogens is 352 g/mol. The molecule has 1 aromatic carbocycles. The van der Waals surface area contributed by atoms with E-state index in [1.165, 1.54) is 11.3 Å². The molecule has 1 fully saturated rings.